The number of nitrogens with zero attached hydrogens (tertiary/aromatic N) is 3. The summed E-state index contributed by atoms with van der Waals surface area (Å²) in [6, 6.07) is 8.23. The Hall–Kier alpha value is -2.21. The van der Waals surface area contributed by atoms with Gasteiger partial charge in [-0.05, 0) is 37.8 Å². The largest absolute Gasteiger partial charge is 0.351 e. The topological polar surface area (TPSA) is 59.8 Å². The molecule has 0 unspecified atom stereocenters. The Morgan fingerprint density at radius 2 is 1.96 bits per heavy atom. The molecule has 1 N–H and O–H groups in total. The molecule has 1 aromatic carbocycles. The van der Waals surface area contributed by atoms with Crippen LogP contribution in [0.25, 0.3) is 11.0 Å². The van der Waals surface area contributed by atoms with Gasteiger partial charge >= 0.3 is 0 Å². The number of imidazole rings is 1. The van der Waals surface area contributed by atoms with Gasteiger partial charge in [-0.2, -0.15) is 0 Å². The average molecular weight is 385 g/mol. The normalized spacial score (nSPS) is 11.4. The summed E-state index contributed by atoms with van der Waals surface area (Å²) in [5.74, 6) is 1.41. The number of carbonyl (C=O) groups is 1. The monoisotopic (exact) mass is 384 g/mol. The molecule has 1 amide bonds. The van der Waals surface area contributed by atoms with Crippen LogP contribution in [-0.4, -0.2) is 27.0 Å². The number of benzene rings is 1. The highest BCUT2D eigenvalue weighted by Crippen LogP contribution is 2.26. The molecule has 0 bridgehead atoms. The highest BCUT2D eigenvalue weighted by atomic mass is 32.1. The van der Waals surface area contributed by atoms with Crippen LogP contribution in [0.15, 0.2) is 24.3 Å². The third-order valence-corrected chi connectivity index (χ3v) is 6.01. The summed E-state index contributed by atoms with van der Waals surface area (Å²) >= 11 is 1.62. The van der Waals surface area contributed by atoms with E-state index < -0.39 is 0 Å². The first-order valence-electron chi connectivity index (χ1n) is 9.63. The maximum absolute atomic E-state index is 12.4. The van der Waals surface area contributed by atoms with Crippen molar-refractivity contribution in [3.8, 4) is 0 Å². The maximum atomic E-state index is 12.4. The molecule has 0 spiro atoms. The first-order valence-corrected chi connectivity index (χ1v) is 10.4. The zero-order chi connectivity index (χ0) is 19.4. The van der Waals surface area contributed by atoms with Gasteiger partial charge in [-0.25, -0.2) is 9.97 Å². The highest BCUT2D eigenvalue weighted by Gasteiger charge is 2.18. The van der Waals surface area contributed by atoms with Crippen molar-refractivity contribution in [1.82, 2.24) is 19.9 Å². The minimum atomic E-state index is -0.0431. The van der Waals surface area contributed by atoms with Crippen molar-refractivity contribution < 1.29 is 4.79 Å². The summed E-state index contributed by atoms with van der Waals surface area (Å²) in [6.45, 7) is 6.85. The number of hydrogen-bond acceptors (Lipinski definition) is 4. The van der Waals surface area contributed by atoms with E-state index in [9.17, 15) is 4.79 Å². The first kappa shape index (κ1) is 19.5. The molecule has 0 atom stereocenters. The molecule has 0 saturated carbocycles. The Labute approximate surface area is 164 Å². The number of fused-ring (bicyclic) bond motifs is 1. The fourth-order valence-electron chi connectivity index (χ4n) is 3.29. The van der Waals surface area contributed by atoms with E-state index in [1.54, 1.807) is 11.3 Å². The molecule has 2 aromatic heterocycles. The number of para-hydroxylation sites is 2. The SMILES string of the molecule is Cc1nc(C(=O)NCCCCCc2nc3ccccc3n2C)c(C(C)C)s1. The predicted molar refractivity (Wildman–Crippen MR) is 112 cm³/mol. The number of aromatic nitrogens is 3. The molecular weight excluding hydrogens is 356 g/mol. The molecule has 6 heteroatoms. The molecular formula is C21H28N4OS. The molecule has 3 aromatic rings. The molecule has 27 heavy (non-hydrogen) atoms. The van der Waals surface area contributed by atoms with Crippen molar-refractivity contribution >= 4 is 28.3 Å². The molecule has 0 aliphatic heterocycles. The van der Waals surface area contributed by atoms with E-state index in [1.165, 1.54) is 5.52 Å². The number of rotatable bonds is 8. The predicted octanol–water partition coefficient (Wildman–Crippen LogP) is 4.60. The van der Waals surface area contributed by atoms with E-state index in [4.69, 9.17) is 4.98 Å². The smallest absolute Gasteiger partial charge is 0.271 e. The van der Waals surface area contributed by atoms with Gasteiger partial charge in [0, 0.05) is 24.9 Å². The number of carbonyl (C=O) groups excluding carboxylic acids is 1. The number of thiazole rings is 1. The maximum Gasteiger partial charge on any atom is 0.271 e. The zero-order valence-electron chi connectivity index (χ0n) is 16.6. The van der Waals surface area contributed by atoms with Crippen LogP contribution >= 0.6 is 11.3 Å². The van der Waals surface area contributed by atoms with Crippen molar-refractivity contribution in [2.45, 2.75) is 52.4 Å². The molecule has 0 aliphatic rings. The van der Waals surface area contributed by atoms with Gasteiger partial charge in [0.2, 0.25) is 0 Å². The van der Waals surface area contributed by atoms with Crippen molar-refractivity contribution in [2.75, 3.05) is 6.54 Å². The standard InChI is InChI=1S/C21H28N4OS/c1-14(2)20-19(23-15(3)27-20)21(26)22-13-9-5-6-12-18-24-16-10-7-8-11-17(16)25(18)4/h7-8,10-11,14H,5-6,9,12-13H2,1-4H3,(H,22,26). The molecule has 3 rings (SSSR count). The third kappa shape index (κ3) is 4.56. The lowest BCUT2D eigenvalue weighted by Crippen LogP contribution is -2.25. The third-order valence-electron chi connectivity index (χ3n) is 4.74. The van der Waals surface area contributed by atoms with Crippen molar-refractivity contribution in [3.63, 3.8) is 0 Å². The van der Waals surface area contributed by atoms with Gasteiger partial charge in [0.25, 0.3) is 5.91 Å². The Kier molecular flexibility index (Phi) is 6.26. The quantitative estimate of drug-likeness (QED) is 0.577. The molecule has 0 radical (unpaired) electrons. The zero-order valence-corrected chi connectivity index (χ0v) is 17.4. The number of hydrogen-bond donors (Lipinski definition) is 1. The highest BCUT2D eigenvalue weighted by molar-refractivity contribution is 7.12. The first-order chi connectivity index (χ1) is 13.0. The number of unbranched alkanes of at least 4 members (excludes halogenated alkanes) is 2. The fourth-order valence-corrected chi connectivity index (χ4v) is 4.21. The second-order valence-corrected chi connectivity index (χ2v) is 8.48. The van der Waals surface area contributed by atoms with Crippen LogP contribution in [-0.2, 0) is 13.5 Å². The van der Waals surface area contributed by atoms with Gasteiger partial charge in [0.05, 0.1) is 16.0 Å². The van der Waals surface area contributed by atoms with E-state index in [-0.39, 0.29) is 5.91 Å². The summed E-state index contributed by atoms with van der Waals surface area (Å²) in [7, 11) is 2.08. The Bertz CT molecular complexity index is 926. The van der Waals surface area contributed by atoms with Crippen molar-refractivity contribution in [3.05, 3.63) is 45.7 Å². The second kappa shape index (κ2) is 8.65. The minimum Gasteiger partial charge on any atom is -0.351 e. The molecule has 144 valence electrons. The summed E-state index contributed by atoms with van der Waals surface area (Å²) in [4.78, 5) is 22.6. The van der Waals surface area contributed by atoms with Crippen LogP contribution in [0.2, 0.25) is 0 Å². The van der Waals surface area contributed by atoms with Crippen LogP contribution in [0.5, 0.6) is 0 Å². The van der Waals surface area contributed by atoms with Crippen LogP contribution in [0.1, 0.15) is 65.2 Å². The van der Waals surface area contributed by atoms with Crippen molar-refractivity contribution in [2.24, 2.45) is 7.05 Å². The lowest BCUT2D eigenvalue weighted by molar-refractivity contribution is 0.0947. The van der Waals surface area contributed by atoms with E-state index in [1.807, 2.05) is 19.1 Å². The van der Waals surface area contributed by atoms with Gasteiger partial charge in [-0.15, -0.1) is 11.3 Å². The number of amides is 1. The number of nitrogens with one attached hydrogen (secondary N) is 1. The van der Waals surface area contributed by atoms with Gasteiger partial charge in [-0.1, -0.05) is 32.4 Å². The Balaban J connectivity index is 1.43. The lowest BCUT2D eigenvalue weighted by Gasteiger charge is -2.07. The van der Waals surface area contributed by atoms with Crippen molar-refractivity contribution in [1.29, 1.82) is 0 Å². The molecule has 2 heterocycles. The minimum absolute atomic E-state index is 0.0431. The van der Waals surface area contributed by atoms with Crippen LogP contribution in [0, 0.1) is 6.92 Å². The summed E-state index contributed by atoms with van der Waals surface area (Å²) in [6.07, 6.45) is 4.06. The van der Waals surface area contributed by atoms with E-state index >= 15 is 0 Å². The van der Waals surface area contributed by atoms with Gasteiger partial charge in [0.1, 0.15) is 11.5 Å². The second-order valence-electron chi connectivity index (χ2n) is 7.24. The average Bonchev–Trinajstić information content (AvgIpc) is 3.19. The van der Waals surface area contributed by atoms with Crippen LogP contribution < -0.4 is 5.32 Å². The Morgan fingerprint density at radius 1 is 1.19 bits per heavy atom. The summed E-state index contributed by atoms with van der Waals surface area (Å²) < 4.78 is 2.18. The summed E-state index contributed by atoms with van der Waals surface area (Å²) in [5, 5.41) is 3.97. The van der Waals surface area contributed by atoms with Gasteiger partial charge < -0.3 is 9.88 Å². The molecule has 5 nitrogen and oxygen atoms in total. The van der Waals surface area contributed by atoms with E-state index in [2.05, 4.69) is 47.9 Å². The van der Waals surface area contributed by atoms with Crippen LogP contribution in [0.3, 0.4) is 0 Å². The molecule has 0 aliphatic carbocycles. The fraction of sp³-hybridized carbons (Fsp3) is 0.476. The summed E-state index contributed by atoms with van der Waals surface area (Å²) in [5.41, 5.74) is 2.84. The van der Waals surface area contributed by atoms with Gasteiger partial charge in [-0.3, -0.25) is 4.79 Å². The molecule has 0 fully saturated rings. The van der Waals surface area contributed by atoms with E-state index in [0.29, 0.717) is 18.2 Å². The van der Waals surface area contributed by atoms with Gasteiger partial charge in [0.15, 0.2) is 0 Å². The number of aryl methyl sites for hydroxylation is 3. The van der Waals surface area contributed by atoms with Crippen LogP contribution in [0.4, 0.5) is 0 Å². The lowest BCUT2D eigenvalue weighted by atomic mass is 10.1. The Morgan fingerprint density at radius 3 is 2.70 bits per heavy atom. The molecule has 0 saturated heterocycles. The van der Waals surface area contributed by atoms with E-state index in [0.717, 1.165) is 46.9 Å².